The van der Waals surface area contributed by atoms with Crippen LogP contribution in [0.1, 0.15) is 10.4 Å². The standard InChI is InChI=1S/C6H4Cl2N2O3S/c7-4-1-3(2-11)5(6(8)10-4)14(9,12)13/h1-2H,(H2,9,12,13). The number of carbonyl (C=O) groups excluding carboxylic acids is 1. The molecule has 0 aromatic carbocycles. The summed E-state index contributed by atoms with van der Waals surface area (Å²) >= 11 is 10.9. The number of rotatable bonds is 2. The molecule has 0 atom stereocenters. The lowest BCUT2D eigenvalue weighted by atomic mass is 10.3. The van der Waals surface area contributed by atoms with Gasteiger partial charge in [0.1, 0.15) is 10.0 Å². The van der Waals surface area contributed by atoms with Crippen molar-refractivity contribution in [1.29, 1.82) is 0 Å². The van der Waals surface area contributed by atoms with Crippen molar-refractivity contribution in [2.45, 2.75) is 4.90 Å². The number of sulfonamides is 1. The number of halogens is 2. The van der Waals surface area contributed by atoms with Crippen LogP contribution in [0.4, 0.5) is 0 Å². The first-order valence-electron chi connectivity index (χ1n) is 3.20. The lowest BCUT2D eigenvalue weighted by molar-refractivity contribution is 0.112. The molecule has 76 valence electrons. The summed E-state index contributed by atoms with van der Waals surface area (Å²) in [7, 11) is -4.08. The second kappa shape index (κ2) is 3.82. The van der Waals surface area contributed by atoms with Crippen LogP contribution < -0.4 is 5.14 Å². The van der Waals surface area contributed by atoms with E-state index in [2.05, 4.69) is 4.98 Å². The monoisotopic (exact) mass is 254 g/mol. The number of aromatic nitrogens is 1. The minimum Gasteiger partial charge on any atom is -0.298 e. The van der Waals surface area contributed by atoms with Crippen molar-refractivity contribution in [3.63, 3.8) is 0 Å². The smallest absolute Gasteiger partial charge is 0.241 e. The maximum absolute atomic E-state index is 11.0. The Morgan fingerprint density at radius 3 is 2.43 bits per heavy atom. The molecule has 0 saturated heterocycles. The molecule has 0 bridgehead atoms. The molecular formula is C6H4Cl2N2O3S. The van der Waals surface area contributed by atoms with Crippen molar-refractivity contribution < 1.29 is 13.2 Å². The fourth-order valence-corrected chi connectivity index (χ4v) is 2.34. The van der Waals surface area contributed by atoms with Gasteiger partial charge in [-0.05, 0) is 6.07 Å². The van der Waals surface area contributed by atoms with E-state index in [1.807, 2.05) is 0 Å². The fraction of sp³-hybridized carbons (Fsp3) is 0. The Labute approximate surface area is 89.9 Å². The van der Waals surface area contributed by atoms with Crippen LogP contribution in [-0.2, 0) is 10.0 Å². The third kappa shape index (κ3) is 2.21. The average Bonchev–Trinajstić information content (AvgIpc) is 1.99. The quantitative estimate of drug-likeness (QED) is 0.626. The summed E-state index contributed by atoms with van der Waals surface area (Å²) in [5.74, 6) is 0. The summed E-state index contributed by atoms with van der Waals surface area (Å²) < 4.78 is 22.0. The van der Waals surface area contributed by atoms with E-state index in [9.17, 15) is 13.2 Å². The van der Waals surface area contributed by atoms with E-state index in [4.69, 9.17) is 28.3 Å². The minimum atomic E-state index is -4.08. The average molecular weight is 255 g/mol. The zero-order valence-electron chi connectivity index (χ0n) is 6.57. The van der Waals surface area contributed by atoms with Gasteiger partial charge in [-0.1, -0.05) is 23.2 Å². The Bertz CT molecular complexity index is 486. The molecule has 0 fully saturated rings. The molecule has 0 aliphatic carbocycles. The molecular weight excluding hydrogens is 251 g/mol. The molecule has 1 heterocycles. The molecule has 5 nitrogen and oxygen atoms in total. The minimum absolute atomic E-state index is 0.0792. The van der Waals surface area contributed by atoms with Crippen molar-refractivity contribution in [3.8, 4) is 0 Å². The second-order valence-corrected chi connectivity index (χ2v) is 4.56. The molecule has 8 heteroatoms. The van der Waals surface area contributed by atoms with Crippen molar-refractivity contribution >= 4 is 39.5 Å². The molecule has 1 aromatic rings. The van der Waals surface area contributed by atoms with Gasteiger partial charge in [0.2, 0.25) is 10.0 Å². The van der Waals surface area contributed by atoms with Gasteiger partial charge in [0.05, 0.1) is 0 Å². The number of nitrogens with two attached hydrogens (primary N) is 1. The Hall–Kier alpha value is -0.690. The van der Waals surface area contributed by atoms with Gasteiger partial charge >= 0.3 is 0 Å². The Morgan fingerprint density at radius 2 is 2.00 bits per heavy atom. The molecule has 0 saturated carbocycles. The van der Waals surface area contributed by atoms with Crippen LogP contribution >= 0.6 is 23.2 Å². The maximum Gasteiger partial charge on any atom is 0.241 e. The fourth-order valence-electron chi connectivity index (χ4n) is 0.859. The van der Waals surface area contributed by atoms with Gasteiger partial charge in [0, 0.05) is 5.56 Å². The van der Waals surface area contributed by atoms with Crippen molar-refractivity contribution in [3.05, 3.63) is 21.9 Å². The lowest BCUT2D eigenvalue weighted by Gasteiger charge is -2.03. The van der Waals surface area contributed by atoms with E-state index in [1.54, 1.807) is 0 Å². The normalized spacial score (nSPS) is 11.4. The molecule has 2 N–H and O–H groups in total. The number of nitrogens with zero attached hydrogens (tertiary/aromatic N) is 1. The Morgan fingerprint density at radius 1 is 1.43 bits per heavy atom. The molecule has 0 amide bonds. The Balaban J connectivity index is 3.65. The van der Waals surface area contributed by atoms with Crippen LogP contribution in [-0.4, -0.2) is 19.7 Å². The van der Waals surface area contributed by atoms with E-state index in [0.717, 1.165) is 6.07 Å². The van der Waals surface area contributed by atoms with Crippen LogP contribution in [0.3, 0.4) is 0 Å². The molecule has 1 aromatic heterocycles. The molecule has 0 aliphatic rings. The maximum atomic E-state index is 11.0. The third-order valence-electron chi connectivity index (χ3n) is 1.34. The summed E-state index contributed by atoms with van der Waals surface area (Å²) in [4.78, 5) is 13.5. The van der Waals surface area contributed by atoms with E-state index in [1.165, 1.54) is 0 Å². The number of primary sulfonamides is 1. The SMILES string of the molecule is NS(=O)(=O)c1c(C=O)cc(Cl)nc1Cl. The molecule has 1 rings (SSSR count). The highest BCUT2D eigenvalue weighted by atomic mass is 35.5. The highest BCUT2D eigenvalue weighted by Gasteiger charge is 2.20. The molecule has 14 heavy (non-hydrogen) atoms. The van der Waals surface area contributed by atoms with Gasteiger partial charge in [-0.25, -0.2) is 18.5 Å². The van der Waals surface area contributed by atoms with Crippen molar-refractivity contribution in [2.75, 3.05) is 0 Å². The van der Waals surface area contributed by atoms with Crippen molar-refractivity contribution in [2.24, 2.45) is 5.14 Å². The van der Waals surface area contributed by atoms with Gasteiger partial charge < -0.3 is 0 Å². The largest absolute Gasteiger partial charge is 0.298 e. The number of hydrogen-bond acceptors (Lipinski definition) is 4. The lowest BCUT2D eigenvalue weighted by Crippen LogP contribution is -2.15. The zero-order valence-corrected chi connectivity index (χ0v) is 8.90. The number of aldehydes is 1. The molecule has 0 unspecified atom stereocenters. The summed E-state index contributed by atoms with van der Waals surface area (Å²) in [6, 6.07) is 1.07. The summed E-state index contributed by atoms with van der Waals surface area (Å²) in [5.41, 5.74) is -0.211. The van der Waals surface area contributed by atoms with Gasteiger partial charge in [-0.3, -0.25) is 4.79 Å². The van der Waals surface area contributed by atoms with Crippen LogP contribution in [0, 0.1) is 0 Å². The van der Waals surface area contributed by atoms with Gasteiger partial charge in [-0.15, -0.1) is 0 Å². The predicted molar refractivity (Wildman–Crippen MR) is 51.0 cm³/mol. The topological polar surface area (TPSA) is 90.1 Å². The number of pyridine rings is 1. The molecule has 0 spiro atoms. The predicted octanol–water partition coefficient (Wildman–Crippen LogP) is 0.848. The molecule has 0 aliphatic heterocycles. The summed E-state index contributed by atoms with van der Waals surface area (Å²) in [6.07, 6.45) is 0.291. The zero-order chi connectivity index (χ0) is 10.9. The number of hydrogen-bond donors (Lipinski definition) is 1. The molecule has 0 radical (unpaired) electrons. The van der Waals surface area contributed by atoms with Crippen LogP contribution in [0.15, 0.2) is 11.0 Å². The van der Waals surface area contributed by atoms with Crippen LogP contribution in [0.5, 0.6) is 0 Å². The summed E-state index contributed by atoms with van der Waals surface area (Å²) in [6.45, 7) is 0. The van der Waals surface area contributed by atoms with Gasteiger partial charge in [0.25, 0.3) is 0 Å². The third-order valence-corrected chi connectivity index (χ3v) is 2.92. The van der Waals surface area contributed by atoms with Crippen molar-refractivity contribution in [1.82, 2.24) is 4.98 Å². The van der Waals surface area contributed by atoms with E-state index in [0.29, 0.717) is 6.29 Å². The Kier molecular flexibility index (Phi) is 3.10. The van der Waals surface area contributed by atoms with Gasteiger partial charge in [0.15, 0.2) is 11.4 Å². The summed E-state index contributed by atoms with van der Waals surface area (Å²) in [5, 5.41) is 4.34. The highest BCUT2D eigenvalue weighted by molar-refractivity contribution is 7.89. The van der Waals surface area contributed by atoms with Crippen LogP contribution in [0.2, 0.25) is 10.3 Å². The van der Waals surface area contributed by atoms with E-state index < -0.39 is 20.1 Å². The first kappa shape index (κ1) is 11.4. The van der Waals surface area contributed by atoms with E-state index >= 15 is 0 Å². The first-order chi connectivity index (χ1) is 6.36. The first-order valence-corrected chi connectivity index (χ1v) is 5.50. The highest BCUT2D eigenvalue weighted by Crippen LogP contribution is 2.23. The van der Waals surface area contributed by atoms with Crippen LogP contribution in [0.25, 0.3) is 0 Å². The second-order valence-electron chi connectivity index (χ2n) is 2.32. The number of carbonyl (C=O) groups is 1. The van der Waals surface area contributed by atoms with Gasteiger partial charge in [-0.2, -0.15) is 0 Å². The van der Waals surface area contributed by atoms with E-state index in [-0.39, 0.29) is 10.7 Å².